The Kier molecular flexibility index (Phi) is 4.60. The molecular formula is C16H19ClO. The molecule has 0 N–H and O–H groups in total. The summed E-state index contributed by atoms with van der Waals surface area (Å²) in [5.74, 6) is 0.492. The Morgan fingerprint density at radius 1 is 1.28 bits per heavy atom. The van der Waals surface area contributed by atoms with Crippen LogP contribution in [-0.4, -0.2) is 5.78 Å². The van der Waals surface area contributed by atoms with E-state index < -0.39 is 0 Å². The molecule has 2 rings (SSSR count). The van der Waals surface area contributed by atoms with Crippen molar-refractivity contribution < 1.29 is 4.79 Å². The van der Waals surface area contributed by atoms with E-state index in [1.54, 1.807) is 6.08 Å². The summed E-state index contributed by atoms with van der Waals surface area (Å²) in [6, 6.07) is 5.80. The van der Waals surface area contributed by atoms with Gasteiger partial charge in [-0.1, -0.05) is 43.0 Å². The molecule has 0 saturated heterocycles. The second-order valence-corrected chi connectivity index (χ2v) is 5.45. The highest BCUT2D eigenvalue weighted by Gasteiger charge is 2.18. The van der Waals surface area contributed by atoms with Crippen molar-refractivity contribution >= 4 is 23.5 Å². The maximum absolute atomic E-state index is 12.1. The van der Waals surface area contributed by atoms with E-state index >= 15 is 0 Å². The molecule has 0 radical (unpaired) electrons. The van der Waals surface area contributed by atoms with Gasteiger partial charge >= 0.3 is 0 Å². The van der Waals surface area contributed by atoms with Crippen molar-refractivity contribution in [2.45, 2.75) is 39.0 Å². The van der Waals surface area contributed by atoms with Crippen LogP contribution >= 0.6 is 11.6 Å². The summed E-state index contributed by atoms with van der Waals surface area (Å²) in [6.07, 6.45) is 9.33. The van der Waals surface area contributed by atoms with Gasteiger partial charge in [-0.3, -0.25) is 4.79 Å². The van der Waals surface area contributed by atoms with Crippen LogP contribution in [0.2, 0.25) is 5.02 Å². The van der Waals surface area contributed by atoms with Crippen LogP contribution in [0.5, 0.6) is 0 Å². The number of allylic oxidation sites excluding steroid dienone is 1. The van der Waals surface area contributed by atoms with Gasteiger partial charge in [-0.15, -0.1) is 0 Å². The van der Waals surface area contributed by atoms with E-state index in [1.165, 1.54) is 19.3 Å². The van der Waals surface area contributed by atoms with Gasteiger partial charge in [0, 0.05) is 10.9 Å². The monoisotopic (exact) mass is 262 g/mol. The second-order valence-electron chi connectivity index (χ2n) is 5.04. The minimum absolute atomic E-state index is 0.234. The van der Waals surface area contributed by atoms with Crippen LogP contribution < -0.4 is 0 Å². The summed E-state index contributed by atoms with van der Waals surface area (Å²) in [5.41, 5.74) is 2.07. The minimum Gasteiger partial charge on any atom is -0.295 e. The molecule has 0 spiro atoms. The number of halogens is 1. The summed E-state index contributed by atoms with van der Waals surface area (Å²) in [5, 5.41) is 0.711. The van der Waals surface area contributed by atoms with Crippen LogP contribution in [0.25, 0.3) is 6.08 Å². The number of hydrogen-bond acceptors (Lipinski definition) is 1. The number of carbonyl (C=O) groups excluding carboxylic acids is 1. The average molecular weight is 263 g/mol. The SMILES string of the molecule is Cc1cccc(Cl)c1/C=C/C(=O)C1CCCCC1. The van der Waals surface area contributed by atoms with Gasteiger partial charge < -0.3 is 0 Å². The van der Waals surface area contributed by atoms with Gasteiger partial charge in [0.1, 0.15) is 0 Å². The second kappa shape index (κ2) is 6.19. The first-order valence-corrected chi connectivity index (χ1v) is 7.03. The summed E-state index contributed by atoms with van der Waals surface area (Å²) < 4.78 is 0. The fourth-order valence-electron chi connectivity index (χ4n) is 2.54. The zero-order valence-electron chi connectivity index (χ0n) is 10.8. The molecule has 2 heteroatoms. The molecule has 1 aliphatic rings. The zero-order valence-corrected chi connectivity index (χ0v) is 11.5. The van der Waals surface area contributed by atoms with Crippen LogP contribution in [0, 0.1) is 12.8 Å². The van der Waals surface area contributed by atoms with Crippen LogP contribution in [0.15, 0.2) is 24.3 Å². The van der Waals surface area contributed by atoms with Crippen LogP contribution in [0.3, 0.4) is 0 Å². The largest absolute Gasteiger partial charge is 0.295 e. The van der Waals surface area contributed by atoms with Crippen LogP contribution in [0.4, 0.5) is 0 Å². The average Bonchev–Trinajstić information content (AvgIpc) is 2.39. The standard InChI is InChI=1S/C16H19ClO/c1-12-6-5-9-15(17)14(12)10-11-16(18)13-7-3-2-4-8-13/h5-6,9-11,13H,2-4,7-8H2,1H3/b11-10+. The van der Waals surface area contributed by atoms with Crippen molar-refractivity contribution in [3.63, 3.8) is 0 Å². The number of rotatable bonds is 3. The number of aryl methyl sites for hydroxylation is 1. The van der Waals surface area contributed by atoms with E-state index in [1.807, 2.05) is 31.2 Å². The summed E-state index contributed by atoms with van der Waals surface area (Å²) in [4.78, 5) is 12.1. The van der Waals surface area contributed by atoms with Gasteiger partial charge in [0.15, 0.2) is 5.78 Å². The Morgan fingerprint density at radius 3 is 2.67 bits per heavy atom. The third-order valence-electron chi connectivity index (χ3n) is 3.69. The van der Waals surface area contributed by atoms with E-state index in [9.17, 15) is 4.79 Å². The van der Waals surface area contributed by atoms with Crippen molar-refractivity contribution in [2.75, 3.05) is 0 Å². The number of carbonyl (C=O) groups is 1. The molecule has 0 bridgehead atoms. The molecule has 1 saturated carbocycles. The van der Waals surface area contributed by atoms with Crippen LogP contribution in [0.1, 0.15) is 43.2 Å². The van der Waals surface area contributed by atoms with E-state index in [-0.39, 0.29) is 11.7 Å². The smallest absolute Gasteiger partial charge is 0.158 e. The fraction of sp³-hybridized carbons (Fsp3) is 0.438. The first-order chi connectivity index (χ1) is 8.68. The molecule has 0 heterocycles. The molecule has 96 valence electrons. The molecule has 1 fully saturated rings. The minimum atomic E-state index is 0.234. The molecule has 0 aromatic heterocycles. The summed E-state index contributed by atoms with van der Waals surface area (Å²) >= 11 is 6.14. The predicted molar refractivity (Wildman–Crippen MR) is 76.8 cm³/mol. The fourth-order valence-corrected chi connectivity index (χ4v) is 2.83. The highest BCUT2D eigenvalue weighted by Crippen LogP contribution is 2.26. The lowest BCUT2D eigenvalue weighted by molar-refractivity contribution is -0.119. The van der Waals surface area contributed by atoms with Gasteiger partial charge in [-0.05, 0) is 49.1 Å². The quantitative estimate of drug-likeness (QED) is 0.715. The van der Waals surface area contributed by atoms with Crippen molar-refractivity contribution in [3.8, 4) is 0 Å². The van der Waals surface area contributed by atoms with Crippen molar-refractivity contribution in [1.29, 1.82) is 0 Å². The normalized spacial score (nSPS) is 17.2. The van der Waals surface area contributed by atoms with Gasteiger partial charge in [-0.2, -0.15) is 0 Å². The lowest BCUT2D eigenvalue weighted by Crippen LogP contribution is -2.15. The number of benzene rings is 1. The highest BCUT2D eigenvalue weighted by atomic mass is 35.5. The molecule has 1 aromatic rings. The van der Waals surface area contributed by atoms with Crippen molar-refractivity contribution in [3.05, 3.63) is 40.4 Å². The first-order valence-electron chi connectivity index (χ1n) is 6.65. The van der Waals surface area contributed by atoms with E-state index in [0.29, 0.717) is 5.02 Å². The lowest BCUT2D eigenvalue weighted by atomic mass is 9.86. The predicted octanol–water partition coefficient (Wildman–Crippen LogP) is 4.81. The third-order valence-corrected chi connectivity index (χ3v) is 4.02. The third kappa shape index (κ3) is 3.23. The molecule has 0 atom stereocenters. The topological polar surface area (TPSA) is 17.1 Å². The van der Waals surface area contributed by atoms with Crippen molar-refractivity contribution in [1.82, 2.24) is 0 Å². The Balaban J connectivity index is 2.08. The summed E-state index contributed by atoms with van der Waals surface area (Å²) in [6.45, 7) is 2.01. The molecule has 1 nitrogen and oxygen atoms in total. The maximum atomic E-state index is 12.1. The molecule has 1 aliphatic carbocycles. The Morgan fingerprint density at radius 2 is 2.00 bits per heavy atom. The van der Waals surface area contributed by atoms with Crippen molar-refractivity contribution in [2.24, 2.45) is 5.92 Å². The van der Waals surface area contributed by atoms with Crippen LogP contribution in [-0.2, 0) is 4.79 Å². The number of hydrogen-bond donors (Lipinski definition) is 0. The molecule has 0 unspecified atom stereocenters. The van der Waals surface area contributed by atoms with E-state index in [2.05, 4.69) is 0 Å². The first kappa shape index (κ1) is 13.4. The summed E-state index contributed by atoms with van der Waals surface area (Å²) in [7, 11) is 0. The molecule has 18 heavy (non-hydrogen) atoms. The van der Waals surface area contributed by atoms with Gasteiger partial charge in [0.25, 0.3) is 0 Å². The number of ketones is 1. The molecule has 0 amide bonds. The molecule has 0 aliphatic heterocycles. The van der Waals surface area contributed by atoms with Gasteiger partial charge in [-0.25, -0.2) is 0 Å². The molecular weight excluding hydrogens is 244 g/mol. The van der Waals surface area contributed by atoms with Gasteiger partial charge in [0.05, 0.1) is 0 Å². The Bertz CT molecular complexity index is 436. The van der Waals surface area contributed by atoms with E-state index in [4.69, 9.17) is 11.6 Å². The Labute approximate surface area is 114 Å². The molecule has 1 aromatic carbocycles. The zero-order chi connectivity index (χ0) is 13.0. The maximum Gasteiger partial charge on any atom is 0.158 e. The van der Waals surface area contributed by atoms with Gasteiger partial charge in [0.2, 0.25) is 0 Å². The Hall–Kier alpha value is -1.08. The van der Waals surface area contributed by atoms with E-state index in [0.717, 1.165) is 24.0 Å². The highest BCUT2D eigenvalue weighted by molar-refractivity contribution is 6.32. The lowest BCUT2D eigenvalue weighted by Gasteiger charge is -2.18.